The van der Waals surface area contributed by atoms with Gasteiger partial charge in [-0.2, -0.15) is 4.52 Å². The van der Waals surface area contributed by atoms with Crippen molar-refractivity contribution in [2.24, 2.45) is 0 Å². The van der Waals surface area contributed by atoms with Gasteiger partial charge in [0.15, 0.2) is 5.65 Å². The minimum Gasteiger partial charge on any atom is -0.205 e. The van der Waals surface area contributed by atoms with Crippen LogP contribution in [0.15, 0.2) is 54.6 Å². The summed E-state index contributed by atoms with van der Waals surface area (Å²) in [6, 6.07) is 16.5. The fraction of sp³-hybridized carbons (Fsp3) is 0. The van der Waals surface area contributed by atoms with E-state index < -0.39 is 0 Å². The smallest absolute Gasteiger partial charge is 0.190 e. The summed E-state index contributed by atoms with van der Waals surface area (Å²) >= 11 is 0. The second kappa shape index (κ2) is 4.09. The molecule has 4 nitrogen and oxygen atoms in total. The summed E-state index contributed by atoms with van der Waals surface area (Å²) in [5.74, 6) is -0.297. The van der Waals surface area contributed by atoms with Crippen LogP contribution in [-0.4, -0.2) is 20.0 Å². The highest BCUT2D eigenvalue weighted by Crippen LogP contribution is 2.31. The van der Waals surface area contributed by atoms with E-state index in [1.54, 1.807) is 22.7 Å². The molecule has 0 aliphatic carbocycles. The van der Waals surface area contributed by atoms with Crippen LogP contribution >= 0.6 is 0 Å². The first-order valence-electron chi connectivity index (χ1n) is 6.20. The van der Waals surface area contributed by atoms with Gasteiger partial charge in [-0.05, 0) is 28.1 Å². The third-order valence-corrected chi connectivity index (χ3v) is 3.34. The zero-order valence-electron chi connectivity index (χ0n) is 10.4. The number of halogens is 1. The van der Waals surface area contributed by atoms with E-state index in [-0.39, 0.29) is 5.82 Å². The van der Waals surface area contributed by atoms with Gasteiger partial charge in [-0.1, -0.05) is 42.5 Å². The molecule has 0 atom stereocenters. The summed E-state index contributed by atoms with van der Waals surface area (Å²) in [4.78, 5) is 0. The van der Waals surface area contributed by atoms with Crippen LogP contribution in [0.2, 0.25) is 0 Å². The van der Waals surface area contributed by atoms with Crippen molar-refractivity contribution in [1.82, 2.24) is 20.0 Å². The molecule has 0 amide bonds. The molecule has 20 heavy (non-hydrogen) atoms. The maximum absolute atomic E-state index is 14.9. The molecule has 0 fully saturated rings. The summed E-state index contributed by atoms with van der Waals surface area (Å²) in [6.07, 6.45) is 0. The Balaban J connectivity index is 2.24. The van der Waals surface area contributed by atoms with Crippen molar-refractivity contribution in [3.05, 3.63) is 60.4 Å². The molecule has 2 aromatic heterocycles. The van der Waals surface area contributed by atoms with Gasteiger partial charge < -0.3 is 0 Å². The lowest BCUT2D eigenvalue weighted by molar-refractivity contribution is 0.642. The lowest BCUT2D eigenvalue weighted by Gasteiger charge is -2.08. The molecule has 0 aliphatic heterocycles. The zero-order valence-corrected chi connectivity index (χ0v) is 10.4. The van der Waals surface area contributed by atoms with E-state index in [2.05, 4.69) is 15.5 Å². The summed E-state index contributed by atoms with van der Waals surface area (Å²) in [5.41, 5.74) is 2.27. The molecule has 4 rings (SSSR count). The SMILES string of the molecule is Fc1c(-c2ccccc2)c2nnnn2c2ccccc12. The Labute approximate surface area is 113 Å². The summed E-state index contributed by atoms with van der Waals surface area (Å²) in [5, 5.41) is 12.1. The number of nitrogens with zero attached hydrogens (tertiary/aromatic N) is 4. The van der Waals surface area contributed by atoms with Crippen LogP contribution < -0.4 is 0 Å². The van der Waals surface area contributed by atoms with Crippen molar-refractivity contribution >= 4 is 16.6 Å². The molecule has 0 aliphatic rings. The van der Waals surface area contributed by atoms with Crippen LogP contribution in [-0.2, 0) is 0 Å². The van der Waals surface area contributed by atoms with E-state index in [4.69, 9.17) is 0 Å². The van der Waals surface area contributed by atoms with E-state index in [1.807, 2.05) is 36.4 Å². The Morgan fingerprint density at radius 2 is 1.65 bits per heavy atom. The van der Waals surface area contributed by atoms with E-state index in [0.717, 1.165) is 5.56 Å². The maximum atomic E-state index is 14.9. The van der Waals surface area contributed by atoms with Gasteiger partial charge in [-0.25, -0.2) is 4.39 Å². The Bertz CT molecular complexity index is 915. The van der Waals surface area contributed by atoms with Crippen molar-refractivity contribution < 1.29 is 4.39 Å². The Kier molecular flexibility index (Phi) is 2.26. The molecule has 2 heterocycles. The molecule has 96 valence electrons. The van der Waals surface area contributed by atoms with Crippen LogP contribution in [0.4, 0.5) is 4.39 Å². The van der Waals surface area contributed by atoms with Gasteiger partial charge in [-0.3, -0.25) is 0 Å². The minimum absolute atomic E-state index is 0.297. The fourth-order valence-electron chi connectivity index (χ4n) is 2.44. The van der Waals surface area contributed by atoms with Crippen molar-refractivity contribution in [1.29, 1.82) is 0 Å². The van der Waals surface area contributed by atoms with Gasteiger partial charge in [0, 0.05) is 5.39 Å². The third kappa shape index (κ3) is 1.43. The van der Waals surface area contributed by atoms with E-state index in [9.17, 15) is 4.39 Å². The van der Waals surface area contributed by atoms with Crippen molar-refractivity contribution in [3.8, 4) is 11.1 Å². The Morgan fingerprint density at radius 1 is 0.900 bits per heavy atom. The molecule has 0 radical (unpaired) electrons. The molecule has 4 aromatic rings. The fourth-order valence-corrected chi connectivity index (χ4v) is 2.44. The lowest BCUT2D eigenvalue weighted by Crippen LogP contribution is -1.98. The number of aromatic nitrogens is 4. The Hall–Kier alpha value is -2.82. The molecule has 2 aromatic carbocycles. The second-order valence-corrected chi connectivity index (χ2v) is 4.49. The lowest BCUT2D eigenvalue weighted by atomic mass is 10.0. The first-order valence-corrected chi connectivity index (χ1v) is 6.20. The predicted molar refractivity (Wildman–Crippen MR) is 73.7 cm³/mol. The van der Waals surface area contributed by atoms with E-state index in [0.29, 0.717) is 22.1 Å². The predicted octanol–water partition coefficient (Wildman–Crippen LogP) is 3.08. The molecule has 0 saturated heterocycles. The normalized spacial score (nSPS) is 11.2. The highest BCUT2D eigenvalue weighted by Gasteiger charge is 2.17. The largest absolute Gasteiger partial charge is 0.205 e. The van der Waals surface area contributed by atoms with Gasteiger partial charge >= 0.3 is 0 Å². The Morgan fingerprint density at radius 3 is 2.50 bits per heavy atom. The van der Waals surface area contributed by atoms with Crippen LogP contribution in [0.1, 0.15) is 0 Å². The van der Waals surface area contributed by atoms with Crippen LogP contribution in [0, 0.1) is 5.82 Å². The van der Waals surface area contributed by atoms with Crippen LogP contribution in [0.25, 0.3) is 27.7 Å². The van der Waals surface area contributed by atoms with Gasteiger partial charge in [0.05, 0.1) is 11.1 Å². The molecular weight excluding hydrogens is 255 g/mol. The summed E-state index contributed by atoms with van der Waals surface area (Å²) in [6.45, 7) is 0. The maximum Gasteiger partial charge on any atom is 0.190 e. The van der Waals surface area contributed by atoms with Crippen molar-refractivity contribution in [3.63, 3.8) is 0 Å². The van der Waals surface area contributed by atoms with E-state index in [1.165, 1.54) is 0 Å². The second-order valence-electron chi connectivity index (χ2n) is 4.49. The molecule has 0 spiro atoms. The molecule has 0 bridgehead atoms. The van der Waals surface area contributed by atoms with Gasteiger partial charge in [-0.15, -0.1) is 5.10 Å². The number of benzene rings is 2. The number of fused-ring (bicyclic) bond motifs is 3. The minimum atomic E-state index is -0.297. The molecule has 0 saturated carbocycles. The number of pyridine rings is 1. The highest BCUT2D eigenvalue weighted by atomic mass is 19.1. The monoisotopic (exact) mass is 264 g/mol. The molecule has 5 heteroatoms. The topological polar surface area (TPSA) is 43.1 Å². The van der Waals surface area contributed by atoms with E-state index >= 15 is 0 Å². The number of hydrogen-bond acceptors (Lipinski definition) is 3. The number of hydrogen-bond donors (Lipinski definition) is 0. The first-order chi connectivity index (χ1) is 9.86. The van der Waals surface area contributed by atoms with Crippen LogP contribution in [0.3, 0.4) is 0 Å². The van der Waals surface area contributed by atoms with Gasteiger partial charge in [0.2, 0.25) is 0 Å². The summed E-state index contributed by atoms with van der Waals surface area (Å²) in [7, 11) is 0. The van der Waals surface area contributed by atoms with Gasteiger partial charge in [0.25, 0.3) is 0 Å². The average molecular weight is 264 g/mol. The van der Waals surface area contributed by atoms with Gasteiger partial charge in [0.1, 0.15) is 5.82 Å². The zero-order chi connectivity index (χ0) is 13.5. The van der Waals surface area contributed by atoms with Crippen LogP contribution in [0.5, 0.6) is 0 Å². The number of rotatable bonds is 1. The van der Waals surface area contributed by atoms with Crippen molar-refractivity contribution in [2.45, 2.75) is 0 Å². The number of tetrazole rings is 1. The molecule has 0 unspecified atom stereocenters. The molecule has 0 N–H and O–H groups in total. The number of para-hydroxylation sites is 1. The third-order valence-electron chi connectivity index (χ3n) is 3.34. The summed E-state index contributed by atoms with van der Waals surface area (Å²) < 4.78 is 16.4. The average Bonchev–Trinajstić information content (AvgIpc) is 2.98. The van der Waals surface area contributed by atoms with Crippen molar-refractivity contribution in [2.75, 3.05) is 0 Å². The quantitative estimate of drug-likeness (QED) is 0.530. The molecular formula is C15H9FN4. The standard InChI is InChI=1S/C15H9FN4/c16-14-11-8-4-5-9-12(11)20-15(17-18-19-20)13(14)10-6-2-1-3-7-10/h1-9H. The highest BCUT2D eigenvalue weighted by molar-refractivity contribution is 5.91. The first kappa shape index (κ1) is 11.0.